The maximum absolute atomic E-state index is 6.98. The molecule has 15 rings (SSSR count). The second-order valence-electron chi connectivity index (χ2n) is 35.2. The van der Waals surface area contributed by atoms with Crippen LogP contribution in [-0.4, -0.2) is 16.8 Å². The average Bonchev–Trinajstić information content (AvgIpc) is 1.56. The van der Waals surface area contributed by atoms with Gasteiger partial charge in [0.05, 0.1) is 6.61 Å². The Kier molecular flexibility index (Phi) is 30.6. The number of unbranched alkanes of at least 4 members (excludes halogenated alkanes) is 25. The second-order valence-corrected chi connectivity index (χ2v) is 35.2. The summed E-state index contributed by atoms with van der Waals surface area (Å²) in [4.78, 5) is 4.73. The molecule has 12 aromatic carbocycles. The van der Waals surface area contributed by atoms with Crippen molar-refractivity contribution >= 4 is 34.1 Å². The zero-order valence-electron chi connectivity index (χ0n) is 74.0. The van der Waals surface area contributed by atoms with Crippen molar-refractivity contribution in [1.29, 1.82) is 0 Å². The molecule has 2 aliphatic carbocycles. The normalized spacial score (nSPS) is 12.8. The van der Waals surface area contributed by atoms with Crippen LogP contribution in [0.5, 0.6) is 5.75 Å². The van der Waals surface area contributed by atoms with Gasteiger partial charge in [0.25, 0.3) is 0 Å². The highest BCUT2D eigenvalue weighted by molar-refractivity contribution is 5.91. The SMILES string of the molecule is CCCCCCCCOc1ccc(-c2nnc(-c3cc(-c4ccc5c(c4)C(CCCCCCCC)(CCCCCCCC)c4cc(-c6ccc(N(c7ccccc7)c7ccccc7)cc6)ccc4-5)cc(-c4ccc5c(c4)C(CCCCCCCC)(CCCCCCCC)c4cc(-c6ccc(N(c7ccccc7)c7ccccc7)cc6)ccc4-5)c3)o2)cc1. The number of ether oxygens (including phenoxy) is 1. The van der Waals surface area contributed by atoms with Gasteiger partial charge in [0, 0.05) is 56.1 Å². The summed E-state index contributed by atoms with van der Waals surface area (Å²) in [5, 5.41) is 9.86. The van der Waals surface area contributed by atoms with Gasteiger partial charge >= 0.3 is 0 Å². The number of rotatable bonds is 48. The summed E-state index contributed by atoms with van der Waals surface area (Å²) in [6, 6.07) is 108. The Labute approximate surface area is 731 Å². The zero-order chi connectivity index (χ0) is 83.6. The van der Waals surface area contributed by atoms with Crippen molar-refractivity contribution in [3.8, 4) is 95.4 Å². The first-order valence-electron chi connectivity index (χ1n) is 47.6. The molecule has 0 amide bonds. The molecule has 0 atom stereocenters. The minimum Gasteiger partial charge on any atom is -0.494 e. The van der Waals surface area contributed by atoms with E-state index in [0.29, 0.717) is 18.4 Å². The second kappa shape index (κ2) is 43.3. The van der Waals surface area contributed by atoms with E-state index in [0.717, 1.165) is 94.2 Å². The highest BCUT2D eigenvalue weighted by Gasteiger charge is 2.45. The van der Waals surface area contributed by atoms with Gasteiger partial charge in [-0.05, 0) is 261 Å². The van der Waals surface area contributed by atoms with Crippen molar-refractivity contribution in [2.75, 3.05) is 16.4 Å². The molecule has 1 heterocycles. The van der Waals surface area contributed by atoms with Crippen LogP contribution in [0.4, 0.5) is 34.1 Å². The molecule has 6 heteroatoms. The molecule has 6 nitrogen and oxygen atoms in total. The Balaban J connectivity index is 0.847. The monoisotopic (exact) mass is 1610 g/mol. The lowest BCUT2D eigenvalue weighted by Gasteiger charge is -2.34. The lowest BCUT2D eigenvalue weighted by molar-refractivity contribution is 0.304. The molecule has 0 saturated heterocycles. The van der Waals surface area contributed by atoms with E-state index >= 15 is 0 Å². The van der Waals surface area contributed by atoms with Crippen LogP contribution in [0, 0.1) is 0 Å². The summed E-state index contributed by atoms with van der Waals surface area (Å²) < 4.78 is 13.3. The molecule has 0 aliphatic heterocycles. The van der Waals surface area contributed by atoms with Crippen LogP contribution in [0.2, 0.25) is 0 Å². The number of benzene rings is 12. The molecule has 2 aliphatic rings. The minimum atomic E-state index is -0.195. The molecule has 0 spiro atoms. The highest BCUT2D eigenvalue weighted by atomic mass is 16.5. The molecule has 13 aromatic rings. The van der Waals surface area contributed by atoms with E-state index in [-0.39, 0.29) is 10.8 Å². The Morgan fingerprint density at radius 3 is 0.803 bits per heavy atom. The van der Waals surface area contributed by atoms with E-state index in [2.05, 4.69) is 330 Å². The van der Waals surface area contributed by atoms with Gasteiger partial charge in [0.2, 0.25) is 11.8 Å². The van der Waals surface area contributed by atoms with Crippen LogP contribution in [-0.2, 0) is 10.8 Å². The van der Waals surface area contributed by atoms with E-state index in [9.17, 15) is 0 Å². The lowest BCUT2D eigenvalue weighted by atomic mass is 9.69. The maximum Gasteiger partial charge on any atom is 0.248 e. The molecule has 0 unspecified atom stereocenters. The van der Waals surface area contributed by atoms with Crippen molar-refractivity contribution in [2.45, 2.75) is 264 Å². The molecule has 0 bridgehead atoms. The van der Waals surface area contributed by atoms with E-state index in [1.54, 1.807) is 0 Å². The lowest BCUT2D eigenvalue weighted by Crippen LogP contribution is -2.25. The van der Waals surface area contributed by atoms with Crippen molar-refractivity contribution in [1.82, 2.24) is 10.2 Å². The van der Waals surface area contributed by atoms with Gasteiger partial charge < -0.3 is 19.0 Å². The summed E-state index contributed by atoms with van der Waals surface area (Å²) >= 11 is 0. The summed E-state index contributed by atoms with van der Waals surface area (Å²) in [6.07, 6.45) is 41.9. The Morgan fingerprint density at radius 2 is 0.484 bits per heavy atom. The first kappa shape index (κ1) is 86.1. The summed E-state index contributed by atoms with van der Waals surface area (Å²) in [5.74, 6) is 1.87. The van der Waals surface area contributed by atoms with Crippen molar-refractivity contribution in [3.63, 3.8) is 0 Å². The van der Waals surface area contributed by atoms with Gasteiger partial charge in [-0.25, -0.2) is 0 Å². The van der Waals surface area contributed by atoms with Gasteiger partial charge in [-0.3, -0.25) is 0 Å². The van der Waals surface area contributed by atoms with Crippen LogP contribution < -0.4 is 14.5 Å². The summed E-state index contributed by atoms with van der Waals surface area (Å²) in [6.45, 7) is 12.3. The fraction of sp³-hybridized carbons (Fsp3) is 0.362. The number of para-hydroxylation sites is 4. The third-order valence-corrected chi connectivity index (χ3v) is 26.7. The predicted octanol–water partition coefficient (Wildman–Crippen LogP) is 35.3. The Hall–Kier alpha value is -10.8. The smallest absolute Gasteiger partial charge is 0.248 e. The topological polar surface area (TPSA) is 54.6 Å². The number of aromatic nitrogens is 2. The quantitative estimate of drug-likeness (QED) is 0.0354. The predicted molar refractivity (Wildman–Crippen MR) is 520 cm³/mol. The van der Waals surface area contributed by atoms with Gasteiger partial charge in [-0.2, -0.15) is 0 Å². The van der Waals surface area contributed by atoms with Gasteiger partial charge in [-0.15, -0.1) is 10.2 Å². The summed E-state index contributed by atoms with van der Waals surface area (Å²) in [5.41, 5.74) is 29.5. The number of hydrogen-bond donors (Lipinski definition) is 0. The third kappa shape index (κ3) is 20.6. The number of anilines is 6. The van der Waals surface area contributed by atoms with E-state index in [4.69, 9.17) is 19.4 Å². The fourth-order valence-electron chi connectivity index (χ4n) is 20.0. The van der Waals surface area contributed by atoms with E-state index in [1.165, 1.54) is 264 Å². The first-order valence-corrected chi connectivity index (χ1v) is 47.6. The largest absolute Gasteiger partial charge is 0.494 e. The molecule has 0 radical (unpaired) electrons. The van der Waals surface area contributed by atoms with Crippen LogP contribution >= 0.6 is 0 Å². The zero-order valence-corrected chi connectivity index (χ0v) is 74.0. The number of hydrogen-bond acceptors (Lipinski definition) is 6. The molecular formula is C116H132N4O2. The average molecular weight is 1610 g/mol. The van der Waals surface area contributed by atoms with E-state index < -0.39 is 0 Å². The van der Waals surface area contributed by atoms with Gasteiger partial charge in [0.1, 0.15) is 5.75 Å². The number of nitrogens with zero attached hydrogens (tertiary/aromatic N) is 4. The molecular weight excluding hydrogens is 1480 g/mol. The molecule has 122 heavy (non-hydrogen) atoms. The van der Waals surface area contributed by atoms with Crippen LogP contribution in [0.1, 0.15) is 275 Å². The van der Waals surface area contributed by atoms with Crippen molar-refractivity contribution < 1.29 is 9.15 Å². The first-order chi connectivity index (χ1) is 60.3. The molecule has 0 N–H and O–H groups in total. The van der Waals surface area contributed by atoms with Crippen LogP contribution in [0.3, 0.4) is 0 Å². The minimum absolute atomic E-state index is 0.195. The van der Waals surface area contributed by atoms with Gasteiger partial charge in [0.15, 0.2) is 0 Å². The fourth-order valence-corrected chi connectivity index (χ4v) is 20.0. The Bertz CT molecular complexity index is 4990. The standard InChI is InChI=1S/C116H132N4O2/c1-6-11-16-21-26-43-76-115(77-44-27-22-17-12-7-2)109-84-91(88-56-66-102(67-57-88)119(98-48-35-31-36-49-98)99-50-37-32-38-51-99)62-72-105(109)107-74-64-93(86-111(107)115)95-81-96(83-97(82-95)114-118-117-113(122-114)90-60-70-104(71-61-90)121-80-47-30-25-20-15-10-5)94-65-75-108-106-73-63-92(89-58-68-103(69-59-89)120(100-52-39-33-40-53-100)101-54-41-34-42-55-101)85-110(106)116(112(108)87-94,78-45-28-23-18-13-8-3)79-46-29-24-19-14-9-4/h31-42,48-75,81-87H,6-30,43-47,76-80H2,1-5H3. The van der Waals surface area contributed by atoms with Crippen molar-refractivity contribution in [3.05, 3.63) is 307 Å². The summed E-state index contributed by atoms with van der Waals surface area (Å²) in [7, 11) is 0. The van der Waals surface area contributed by atoms with E-state index in [1.807, 2.05) is 0 Å². The number of fused-ring (bicyclic) bond motifs is 6. The van der Waals surface area contributed by atoms with Crippen LogP contribution in [0.25, 0.3) is 89.7 Å². The molecule has 0 saturated carbocycles. The molecule has 1 aromatic heterocycles. The molecule has 0 fully saturated rings. The maximum atomic E-state index is 6.98. The third-order valence-electron chi connectivity index (χ3n) is 26.7. The highest BCUT2D eigenvalue weighted by Crippen LogP contribution is 2.59. The van der Waals surface area contributed by atoms with Crippen LogP contribution in [0.15, 0.2) is 290 Å². The Morgan fingerprint density at radius 1 is 0.230 bits per heavy atom. The molecule has 628 valence electrons. The van der Waals surface area contributed by atoms with Crippen molar-refractivity contribution in [2.24, 2.45) is 0 Å². The van der Waals surface area contributed by atoms with Gasteiger partial charge in [-0.1, -0.05) is 366 Å².